The van der Waals surface area contributed by atoms with Gasteiger partial charge in [0.25, 0.3) is 0 Å². The lowest BCUT2D eigenvalue weighted by Gasteiger charge is -2.42. The predicted octanol–water partition coefficient (Wildman–Crippen LogP) is 5.21. The summed E-state index contributed by atoms with van der Waals surface area (Å²) < 4.78 is 0. The number of hydrogen-bond donors (Lipinski definition) is 3. The second-order valence-electron chi connectivity index (χ2n) is 11.9. The maximum Gasteiger partial charge on any atom is 0.313 e. The number of aliphatic carboxylic acids is 1. The number of likely N-dealkylation sites (tertiary alicyclic amines) is 1. The van der Waals surface area contributed by atoms with Gasteiger partial charge in [-0.15, -0.1) is 0 Å². The molecule has 1 saturated heterocycles. The lowest BCUT2D eigenvalue weighted by molar-refractivity contribution is -0.142. The van der Waals surface area contributed by atoms with Crippen molar-refractivity contribution in [3.63, 3.8) is 0 Å². The Balaban J connectivity index is 0.000000892. The molecule has 0 bridgehead atoms. The van der Waals surface area contributed by atoms with Gasteiger partial charge in [-0.2, -0.15) is 0 Å². The van der Waals surface area contributed by atoms with E-state index in [9.17, 15) is 24.9 Å². The van der Waals surface area contributed by atoms with Crippen LogP contribution >= 0.6 is 0 Å². The molecular weight excluding hydrogens is 528 g/mol. The van der Waals surface area contributed by atoms with E-state index in [0.717, 1.165) is 67.6 Å². The molecule has 3 aromatic rings. The average molecular weight is 575 g/mol. The smallest absolute Gasteiger partial charge is 0.313 e. The van der Waals surface area contributed by atoms with E-state index in [1.165, 1.54) is 4.90 Å². The van der Waals surface area contributed by atoms with Crippen molar-refractivity contribution in [1.82, 2.24) is 9.80 Å². The zero-order chi connectivity index (χ0) is 30.8. The normalized spacial score (nSPS) is 15.3. The average Bonchev–Trinajstić information content (AvgIpc) is 3.02. The molecule has 7 heteroatoms. The summed E-state index contributed by atoms with van der Waals surface area (Å²) in [5.74, 6) is -0.733. The van der Waals surface area contributed by atoms with Gasteiger partial charge < -0.3 is 25.1 Å². The maximum atomic E-state index is 12.1. The molecule has 4 rings (SSSR count). The van der Waals surface area contributed by atoms with E-state index in [0.29, 0.717) is 6.42 Å². The first kappa shape index (κ1) is 33.0. The monoisotopic (exact) mass is 574 g/mol. The summed E-state index contributed by atoms with van der Waals surface area (Å²) >= 11 is 0. The number of carbonyl (C=O) groups excluding carboxylic acids is 1. The Hall–Kier alpha value is -3.52. The fourth-order valence-corrected chi connectivity index (χ4v) is 5.52. The van der Waals surface area contributed by atoms with Crippen molar-refractivity contribution in [1.29, 1.82) is 0 Å². The van der Waals surface area contributed by atoms with Crippen LogP contribution in [0.4, 0.5) is 0 Å². The Morgan fingerprint density at radius 2 is 1.38 bits per heavy atom. The SMILES string of the molecule is CC(C)(C(=O)O)c1ccc(C(O)CCCN2CCC(C(O)(c3ccccc3)c3ccccc3)CC2)cc1.CN(C)C=O. The number of carbonyl (C=O) groups is 2. The fourth-order valence-electron chi connectivity index (χ4n) is 5.52. The Morgan fingerprint density at radius 1 is 0.905 bits per heavy atom. The topological polar surface area (TPSA) is 101 Å². The first-order chi connectivity index (χ1) is 20.0. The van der Waals surface area contributed by atoms with Gasteiger partial charge in [-0.25, -0.2) is 0 Å². The molecule has 0 radical (unpaired) electrons. The number of hydrogen-bond acceptors (Lipinski definition) is 5. The van der Waals surface area contributed by atoms with Crippen LogP contribution in [-0.2, 0) is 20.6 Å². The minimum Gasteiger partial charge on any atom is -0.481 e. The molecule has 0 saturated carbocycles. The van der Waals surface area contributed by atoms with E-state index in [-0.39, 0.29) is 5.92 Å². The van der Waals surface area contributed by atoms with Crippen molar-refractivity contribution in [3.05, 3.63) is 107 Å². The Bertz CT molecular complexity index is 1200. The van der Waals surface area contributed by atoms with Crippen molar-refractivity contribution in [2.24, 2.45) is 5.92 Å². The molecule has 0 spiro atoms. The molecule has 42 heavy (non-hydrogen) atoms. The summed E-state index contributed by atoms with van der Waals surface area (Å²) in [4.78, 5) is 24.8. The molecule has 1 atom stereocenters. The van der Waals surface area contributed by atoms with Gasteiger partial charge in [-0.1, -0.05) is 84.9 Å². The van der Waals surface area contributed by atoms with Crippen LogP contribution in [0.5, 0.6) is 0 Å². The van der Waals surface area contributed by atoms with Gasteiger partial charge >= 0.3 is 5.97 Å². The van der Waals surface area contributed by atoms with Crippen LogP contribution in [0.15, 0.2) is 84.9 Å². The van der Waals surface area contributed by atoms with E-state index in [1.807, 2.05) is 72.8 Å². The number of benzene rings is 3. The third-order valence-corrected chi connectivity index (χ3v) is 8.32. The number of piperidine rings is 1. The van der Waals surface area contributed by atoms with Crippen LogP contribution in [0.25, 0.3) is 0 Å². The highest BCUT2D eigenvalue weighted by Crippen LogP contribution is 2.42. The van der Waals surface area contributed by atoms with Gasteiger partial charge in [0, 0.05) is 14.1 Å². The summed E-state index contributed by atoms with van der Waals surface area (Å²) in [6, 6.07) is 27.3. The van der Waals surface area contributed by atoms with Crippen LogP contribution in [0.3, 0.4) is 0 Å². The van der Waals surface area contributed by atoms with Crippen LogP contribution in [-0.4, -0.2) is 71.2 Å². The van der Waals surface area contributed by atoms with Crippen LogP contribution in [0, 0.1) is 5.92 Å². The number of amides is 1. The van der Waals surface area contributed by atoms with Crippen molar-refractivity contribution < 1.29 is 24.9 Å². The Morgan fingerprint density at radius 3 is 1.81 bits per heavy atom. The predicted molar refractivity (Wildman–Crippen MR) is 166 cm³/mol. The molecule has 0 aliphatic carbocycles. The summed E-state index contributed by atoms with van der Waals surface area (Å²) in [5, 5.41) is 32.2. The van der Waals surface area contributed by atoms with Crippen molar-refractivity contribution >= 4 is 12.4 Å². The van der Waals surface area contributed by atoms with Crippen LogP contribution < -0.4 is 0 Å². The first-order valence-electron chi connectivity index (χ1n) is 14.7. The Kier molecular flexibility index (Phi) is 11.9. The second-order valence-corrected chi connectivity index (χ2v) is 11.9. The lowest BCUT2D eigenvalue weighted by Crippen LogP contribution is -2.44. The molecule has 3 N–H and O–H groups in total. The number of nitrogens with zero attached hydrogens (tertiary/aromatic N) is 2. The van der Waals surface area contributed by atoms with E-state index in [1.54, 1.807) is 40.1 Å². The van der Waals surface area contributed by atoms with Gasteiger partial charge in [0.05, 0.1) is 11.5 Å². The molecule has 1 unspecified atom stereocenters. The zero-order valence-corrected chi connectivity index (χ0v) is 25.3. The number of aliphatic hydroxyl groups is 2. The minimum absolute atomic E-state index is 0.132. The molecule has 7 nitrogen and oxygen atoms in total. The largest absolute Gasteiger partial charge is 0.481 e. The quantitative estimate of drug-likeness (QED) is 0.272. The van der Waals surface area contributed by atoms with Gasteiger partial charge in [-0.05, 0) is 87.3 Å². The molecule has 1 aliphatic rings. The highest BCUT2D eigenvalue weighted by Gasteiger charge is 2.41. The highest BCUT2D eigenvalue weighted by atomic mass is 16.4. The Labute approximate surface area is 250 Å². The first-order valence-corrected chi connectivity index (χ1v) is 14.7. The van der Waals surface area contributed by atoms with E-state index in [2.05, 4.69) is 4.90 Å². The van der Waals surface area contributed by atoms with E-state index < -0.39 is 23.1 Å². The molecule has 1 amide bonds. The molecule has 1 aliphatic heterocycles. The third-order valence-electron chi connectivity index (χ3n) is 8.32. The number of carboxylic acids is 1. The summed E-state index contributed by atoms with van der Waals surface area (Å²) in [6.45, 7) is 6.11. The lowest BCUT2D eigenvalue weighted by atomic mass is 9.72. The minimum atomic E-state index is -1.01. The van der Waals surface area contributed by atoms with E-state index >= 15 is 0 Å². The second kappa shape index (κ2) is 15.1. The summed E-state index contributed by atoms with van der Waals surface area (Å²) in [5.41, 5.74) is 1.47. The summed E-state index contributed by atoms with van der Waals surface area (Å²) in [6.07, 6.45) is 3.52. The molecule has 1 fully saturated rings. The van der Waals surface area contributed by atoms with Gasteiger partial charge in [0.1, 0.15) is 5.60 Å². The van der Waals surface area contributed by atoms with Crippen molar-refractivity contribution in [2.45, 2.75) is 56.7 Å². The fraction of sp³-hybridized carbons (Fsp3) is 0.429. The van der Waals surface area contributed by atoms with Gasteiger partial charge in [0.2, 0.25) is 6.41 Å². The number of rotatable bonds is 11. The maximum absolute atomic E-state index is 12.1. The zero-order valence-electron chi connectivity index (χ0n) is 25.3. The van der Waals surface area contributed by atoms with Gasteiger partial charge in [0.15, 0.2) is 0 Å². The number of aliphatic hydroxyl groups excluding tert-OH is 1. The van der Waals surface area contributed by atoms with E-state index in [4.69, 9.17) is 0 Å². The van der Waals surface area contributed by atoms with Crippen LogP contribution in [0.1, 0.15) is 67.9 Å². The molecular formula is C35H46N2O5. The molecule has 0 aromatic heterocycles. The standard InChI is InChI=1S/C32H39NO4.C3H7NO/c1-31(2,30(35)36)25-17-15-24(16-18-25)29(34)14-9-21-33-22-19-28(20-23-33)32(37,26-10-5-3-6-11-26)27-12-7-4-8-13-27;1-4(2)3-5/h3-8,10-13,15-18,28-29,34,37H,9,14,19-23H2,1-2H3,(H,35,36);3H,1-2H3. The molecule has 226 valence electrons. The third kappa shape index (κ3) is 8.28. The summed E-state index contributed by atoms with van der Waals surface area (Å²) in [7, 11) is 3.38. The molecule has 3 aromatic carbocycles. The number of carboxylic acid groups (broad SMARTS) is 1. The van der Waals surface area contributed by atoms with Gasteiger partial charge in [-0.3, -0.25) is 9.59 Å². The van der Waals surface area contributed by atoms with Crippen LogP contribution in [0.2, 0.25) is 0 Å². The van der Waals surface area contributed by atoms with Crippen molar-refractivity contribution in [3.8, 4) is 0 Å². The highest BCUT2D eigenvalue weighted by molar-refractivity contribution is 5.80. The molecule has 1 heterocycles. The van der Waals surface area contributed by atoms with Crippen molar-refractivity contribution in [2.75, 3.05) is 33.7 Å².